The summed E-state index contributed by atoms with van der Waals surface area (Å²) in [5.41, 5.74) is 1.68. The van der Waals surface area contributed by atoms with Gasteiger partial charge in [-0.15, -0.1) is 0 Å². The lowest BCUT2D eigenvalue weighted by atomic mass is 10.1. The maximum Gasteiger partial charge on any atom is 0.225 e. The van der Waals surface area contributed by atoms with Gasteiger partial charge in [-0.3, -0.25) is 9.78 Å². The van der Waals surface area contributed by atoms with Crippen molar-refractivity contribution in [1.82, 2.24) is 25.0 Å². The van der Waals surface area contributed by atoms with Crippen molar-refractivity contribution in [3.05, 3.63) is 24.4 Å². The van der Waals surface area contributed by atoms with Crippen LogP contribution in [-0.4, -0.2) is 44.3 Å². The number of ether oxygens (including phenoxy) is 2. The summed E-state index contributed by atoms with van der Waals surface area (Å²) in [6, 6.07) is 0.228. The van der Waals surface area contributed by atoms with Crippen LogP contribution in [-0.2, 0) is 4.74 Å². The Hall–Kier alpha value is -2.48. The third-order valence-electron chi connectivity index (χ3n) is 4.36. The number of aromatic amines is 1. The van der Waals surface area contributed by atoms with Crippen molar-refractivity contribution in [2.75, 3.05) is 13.2 Å². The molecule has 0 amide bonds. The molecular formula is C17H20FN5O2. The highest BCUT2D eigenvalue weighted by molar-refractivity contribution is 5.96. The molecule has 25 heavy (non-hydrogen) atoms. The van der Waals surface area contributed by atoms with Crippen LogP contribution < -0.4 is 4.74 Å². The predicted molar refractivity (Wildman–Crippen MR) is 89.9 cm³/mol. The summed E-state index contributed by atoms with van der Waals surface area (Å²) >= 11 is 0. The van der Waals surface area contributed by atoms with E-state index in [9.17, 15) is 4.39 Å². The molecular weight excluding hydrogens is 325 g/mol. The lowest BCUT2D eigenvalue weighted by Gasteiger charge is -2.23. The Labute approximate surface area is 144 Å². The van der Waals surface area contributed by atoms with Crippen molar-refractivity contribution < 1.29 is 13.9 Å². The highest BCUT2D eigenvalue weighted by Gasteiger charge is 2.23. The van der Waals surface area contributed by atoms with E-state index in [-0.39, 0.29) is 12.1 Å². The maximum absolute atomic E-state index is 14.2. The average Bonchev–Trinajstić information content (AvgIpc) is 3.25. The van der Waals surface area contributed by atoms with Gasteiger partial charge < -0.3 is 9.47 Å². The molecule has 4 rings (SSSR count). The van der Waals surface area contributed by atoms with Gasteiger partial charge in [0.05, 0.1) is 31.0 Å². The molecule has 1 aliphatic heterocycles. The first-order chi connectivity index (χ1) is 12.1. The first kappa shape index (κ1) is 16.0. The molecule has 1 N–H and O–H groups in total. The number of nitrogens with zero attached hydrogens (tertiary/aromatic N) is 4. The van der Waals surface area contributed by atoms with E-state index in [2.05, 4.69) is 20.3 Å². The summed E-state index contributed by atoms with van der Waals surface area (Å²) in [6.45, 7) is 5.41. The Kier molecular flexibility index (Phi) is 4.12. The van der Waals surface area contributed by atoms with Crippen molar-refractivity contribution in [1.29, 1.82) is 0 Å². The van der Waals surface area contributed by atoms with Crippen LogP contribution in [0.25, 0.3) is 22.2 Å². The number of aromatic nitrogens is 5. The molecule has 3 aromatic rings. The second kappa shape index (κ2) is 6.44. The van der Waals surface area contributed by atoms with E-state index in [0.717, 1.165) is 24.6 Å². The molecule has 0 aliphatic carbocycles. The Morgan fingerprint density at radius 1 is 1.32 bits per heavy atom. The van der Waals surface area contributed by atoms with Gasteiger partial charge in [0.25, 0.3) is 0 Å². The number of hydrogen-bond acceptors (Lipinski definition) is 5. The zero-order valence-electron chi connectivity index (χ0n) is 14.2. The van der Waals surface area contributed by atoms with Gasteiger partial charge in [0, 0.05) is 30.6 Å². The molecule has 0 saturated carbocycles. The Morgan fingerprint density at radius 3 is 2.84 bits per heavy atom. The van der Waals surface area contributed by atoms with Crippen molar-refractivity contribution >= 4 is 10.9 Å². The lowest BCUT2D eigenvalue weighted by Crippen LogP contribution is -2.26. The number of nitrogens with one attached hydrogen (secondary N) is 1. The number of hydrogen-bond donors (Lipinski definition) is 1. The highest BCUT2D eigenvalue weighted by Crippen LogP contribution is 2.34. The molecule has 0 bridgehead atoms. The molecule has 0 unspecified atom stereocenters. The molecule has 1 saturated heterocycles. The molecule has 132 valence electrons. The summed E-state index contributed by atoms with van der Waals surface area (Å²) in [6.07, 6.45) is 6.37. The second-order valence-corrected chi connectivity index (χ2v) is 6.47. The van der Waals surface area contributed by atoms with Crippen LogP contribution in [0.3, 0.4) is 0 Å². The summed E-state index contributed by atoms with van der Waals surface area (Å²) < 4.78 is 27.4. The molecule has 0 radical (unpaired) electrons. The predicted octanol–water partition coefficient (Wildman–Crippen LogP) is 3.10. The average molecular weight is 345 g/mol. The quantitative estimate of drug-likeness (QED) is 0.786. The fraction of sp³-hybridized carbons (Fsp3) is 0.471. The third kappa shape index (κ3) is 2.97. The molecule has 0 spiro atoms. The molecule has 1 fully saturated rings. The SMILES string of the molecule is CC(C)n1cc(-c2n[nH]c3c(F)cnc(OC4CCOCC4)c23)cn1. The van der Waals surface area contributed by atoms with Gasteiger partial charge >= 0.3 is 0 Å². The van der Waals surface area contributed by atoms with Crippen LogP contribution >= 0.6 is 0 Å². The first-order valence-electron chi connectivity index (χ1n) is 8.45. The van der Waals surface area contributed by atoms with Crippen molar-refractivity contribution in [2.24, 2.45) is 0 Å². The van der Waals surface area contributed by atoms with Crippen LogP contribution in [0.15, 0.2) is 18.6 Å². The van der Waals surface area contributed by atoms with E-state index in [1.165, 1.54) is 0 Å². The van der Waals surface area contributed by atoms with Crippen molar-refractivity contribution in [2.45, 2.75) is 38.8 Å². The molecule has 0 atom stereocenters. The Morgan fingerprint density at radius 2 is 2.12 bits per heavy atom. The van der Waals surface area contributed by atoms with Crippen molar-refractivity contribution in [3.8, 4) is 17.1 Å². The van der Waals surface area contributed by atoms with Gasteiger partial charge in [-0.05, 0) is 13.8 Å². The summed E-state index contributed by atoms with van der Waals surface area (Å²) in [4.78, 5) is 4.18. The summed E-state index contributed by atoms with van der Waals surface area (Å²) in [5, 5.41) is 11.9. The van der Waals surface area contributed by atoms with Gasteiger partial charge in [-0.1, -0.05) is 0 Å². The lowest BCUT2D eigenvalue weighted by molar-refractivity contribution is 0.0244. The molecule has 0 aromatic carbocycles. The Bertz CT molecular complexity index is 882. The van der Waals surface area contributed by atoms with E-state index in [0.29, 0.717) is 35.7 Å². The van der Waals surface area contributed by atoms with E-state index >= 15 is 0 Å². The van der Waals surface area contributed by atoms with Gasteiger partial charge in [-0.2, -0.15) is 10.2 Å². The van der Waals surface area contributed by atoms with Crippen molar-refractivity contribution in [3.63, 3.8) is 0 Å². The smallest absolute Gasteiger partial charge is 0.225 e. The summed E-state index contributed by atoms with van der Waals surface area (Å²) in [5.74, 6) is -0.0614. The summed E-state index contributed by atoms with van der Waals surface area (Å²) in [7, 11) is 0. The molecule has 7 nitrogen and oxygen atoms in total. The zero-order valence-corrected chi connectivity index (χ0v) is 14.2. The topological polar surface area (TPSA) is 77.9 Å². The molecule has 4 heterocycles. The molecule has 1 aliphatic rings. The first-order valence-corrected chi connectivity index (χ1v) is 8.45. The van der Waals surface area contributed by atoms with Crippen LogP contribution in [0.2, 0.25) is 0 Å². The highest BCUT2D eigenvalue weighted by atomic mass is 19.1. The standard InChI is InChI=1S/C17H20FN5O2/c1-10(2)23-9-11(7-20-23)15-14-16(22-21-15)13(18)8-19-17(14)25-12-3-5-24-6-4-12/h7-10,12H,3-6H2,1-2H3,(H,21,22). The van der Waals surface area contributed by atoms with Gasteiger partial charge in [-0.25, -0.2) is 9.37 Å². The van der Waals surface area contributed by atoms with E-state index in [1.54, 1.807) is 6.20 Å². The monoisotopic (exact) mass is 345 g/mol. The number of halogens is 1. The second-order valence-electron chi connectivity index (χ2n) is 6.47. The largest absolute Gasteiger partial charge is 0.474 e. The number of pyridine rings is 1. The fourth-order valence-electron chi connectivity index (χ4n) is 2.96. The van der Waals surface area contributed by atoms with E-state index in [4.69, 9.17) is 9.47 Å². The number of H-pyrrole nitrogens is 1. The number of fused-ring (bicyclic) bond motifs is 1. The van der Waals surface area contributed by atoms with E-state index < -0.39 is 5.82 Å². The van der Waals surface area contributed by atoms with Crippen LogP contribution in [0.4, 0.5) is 4.39 Å². The van der Waals surface area contributed by atoms with Gasteiger partial charge in [0.1, 0.15) is 17.3 Å². The van der Waals surface area contributed by atoms with Gasteiger partial charge in [0.2, 0.25) is 5.88 Å². The fourth-order valence-corrected chi connectivity index (χ4v) is 2.96. The maximum atomic E-state index is 14.2. The minimum Gasteiger partial charge on any atom is -0.474 e. The minimum absolute atomic E-state index is 0.0102. The molecule has 8 heteroatoms. The van der Waals surface area contributed by atoms with Crippen LogP contribution in [0, 0.1) is 5.82 Å². The van der Waals surface area contributed by atoms with Crippen LogP contribution in [0.1, 0.15) is 32.7 Å². The zero-order chi connectivity index (χ0) is 17.4. The molecule has 3 aromatic heterocycles. The van der Waals surface area contributed by atoms with Gasteiger partial charge in [0.15, 0.2) is 5.82 Å². The Balaban J connectivity index is 1.77. The number of rotatable bonds is 4. The van der Waals surface area contributed by atoms with E-state index in [1.807, 2.05) is 24.7 Å². The van der Waals surface area contributed by atoms with Crippen LogP contribution in [0.5, 0.6) is 5.88 Å². The normalized spacial score (nSPS) is 16.0. The minimum atomic E-state index is -0.454. The third-order valence-corrected chi connectivity index (χ3v) is 4.36.